The van der Waals surface area contributed by atoms with Crippen molar-refractivity contribution in [2.75, 3.05) is 0 Å². The number of carbonyl (C=O) groups excluding carboxylic acids is 1. The minimum atomic E-state index is -9.62. The second kappa shape index (κ2) is 3.07. The van der Waals surface area contributed by atoms with Gasteiger partial charge < -0.3 is 0 Å². The van der Waals surface area contributed by atoms with E-state index < -0.39 is 15.1 Å². The number of halogens is 5. The predicted molar refractivity (Wildman–Crippen MR) is 59.4 cm³/mol. The van der Waals surface area contributed by atoms with Crippen LogP contribution in [0.25, 0.3) is 0 Å². The van der Waals surface area contributed by atoms with Crippen LogP contribution in [0.1, 0.15) is 24.8 Å². The molecule has 1 aliphatic carbocycles. The molecule has 7 heteroatoms. The largest absolute Gasteiger partial charge is 0.310 e. The van der Waals surface area contributed by atoms with Gasteiger partial charge in [0.05, 0.1) is 0 Å². The fourth-order valence-corrected chi connectivity index (χ4v) is 2.69. The lowest BCUT2D eigenvalue weighted by Gasteiger charge is -2.40. The van der Waals surface area contributed by atoms with E-state index in [0.29, 0.717) is 18.6 Å². The van der Waals surface area contributed by atoms with E-state index in [-0.39, 0.29) is 23.2 Å². The Hall–Kier alpha value is -1.11. The summed E-state index contributed by atoms with van der Waals surface area (Å²) in [5, 5.41) is 0. The summed E-state index contributed by atoms with van der Waals surface area (Å²) in [5.74, 6) is -0.820. The summed E-state index contributed by atoms with van der Waals surface area (Å²) in [4.78, 5) is 9.15. The summed E-state index contributed by atoms with van der Waals surface area (Å²) in [7, 11) is -9.62. The van der Waals surface area contributed by atoms with Crippen molar-refractivity contribution in [1.82, 2.24) is 0 Å². The average Bonchev–Trinajstić information content (AvgIpc) is 2.93. The molecular formula is C11H11F5OS. The third-order valence-electron chi connectivity index (χ3n) is 3.04. The van der Waals surface area contributed by atoms with Gasteiger partial charge in [0.1, 0.15) is 10.7 Å². The smallest absolute Gasteiger partial charge is 0.300 e. The molecule has 0 radical (unpaired) electrons. The molecule has 102 valence electrons. The molecular weight excluding hydrogens is 275 g/mol. The molecule has 1 aromatic rings. The van der Waals surface area contributed by atoms with Crippen molar-refractivity contribution in [2.45, 2.75) is 24.2 Å². The first kappa shape index (κ1) is 13.3. The maximum Gasteiger partial charge on any atom is 0.310 e. The average molecular weight is 286 g/mol. The van der Waals surface area contributed by atoms with Crippen LogP contribution in [0.15, 0.2) is 29.2 Å². The fraction of sp³-hybridized carbons (Fsp3) is 0.364. The van der Waals surface area contributed by atoms with Crippen molar-refractivity contribution in [3.05, 3.63) is 29.8 Å². The van der Waals surface area contributed by atoms with E-state index in [1.54, 1.807) is 0 Å². The van der Waals surface area contributed by atoms with Crippen LogP contribution in [0, 0.1) is 5.92 Å². The molecule has 0 aromatic heterocycles. The van der Waals surface area contributed by atoms with Crippen molar-refractivity contribution in [3.63, 3.8) is 0 Å². The van der Waals surface area contributed by atoms with E-state index in [0.717, 1.165) is 6.07 Å². The molecule has 0 aliphatic heterocycles. The number of rotatable bonds is 3. The second-order valence-corrected chi connectivity index (χ2v) is 7.01. The monoisotopic (exact) mass is 286 g/mol. The number of hydrogen-bond donors (Lipinski definition) is 0. The molecule has 2 atom stereocenters. The van der Waals surface area contributed by atoms with Gasteiger partial charge in [-0.2, -0.15) is 0 Å². The van der Waals surface area contributed by atoms with E-state index in [1.165, 1.54) is 13.0 Å². The molecule has 0 N–H and O–H groups in total. The first-order chi connectivity index (χ1) is 7.88. The highest BCUT2D eigenvalue weighted by Gasteiger charge is 2.65. The molecule has 2 rings (SSSR count). The van der Waals surface area contributed by atoms with E-state index in [1.807, 2.05) is 0 Å². The van der Waals surface area contributed by atoms with Crippen molar-refractivity contribution in [2.24, 2.45) is 5.92 Å². The third-order valence-corrected chi connectivity index (χ3v) is 4.19. The van der Waals surface area contributed by atoms with Crippen molar-refractivity contribution >= 4 is 16.0 Å². The molecule has 1 saturated carbocycles. The third kappa shape index (κ3) is 2.66. The molecule has 1 aromatic carbocycles. The summed E-state index contributed by atoms with van der Waals surface area (Å²) in [5.41, 5.74) is 0.154. The summed E-state index contributed by atoms with van der Waals surface area (Å²) in [6, 6.07) is 3.14. The Balaban J connectivity index is 2.37. The van der Waals surface area contributed by atoms with Crippen LogP contribution >= 0.6 is 10.2 Å². The summed E-state index contributed by atoms with van der Waals surface area (Å²) < 4.78 is 63.0. The van der Waals surface area contributed by atoms with Crippen LogP contribution in [0.2, 0.25) is 0 Å². The topological polar surface area (TPSA) is 17.1 Å². The van der Waals surface area contributed by atoms with Gasteiger partial charge in [-0.1, -0.05) is 31.6 Å². The van der Waals surface area contributed by atoms with E-state index in [2.05, 4.69) is 0 Å². The van der Waals surface area contributed by atoms with Crippen LogP contribution < -0.4 is 0 Å². The van der Waals surface area contributed by atoms with Crippen molar-refractivity contribution in [3.8, 4) is 0 Å². The normalized spacial score (nSPS) is 27.2. The van der Waals surface area contributed by atoms with E-state index in [4.69, 9.17) is 0 Å². The lowest BCUT2D eigenvalue weighted by Crippen LogP contribution is -2.06. The zero-order chi connectivity index (χ0) is 13.8. The van der Waals surface area contributed by atoms with Gasteiger partial charge in [0, 0.05) is 5.92 Å². The lowest BCUT2D eigenvalue weighted by atomic mass is 10.1. The quantitative estimate of drug-likeness (QED) is 0.712. The Morgan fingerprint density at radius 2 is 1.83 bits per heavy atom. The van der Waals surface area contributed by atoms with Crippen LogP contribution in [0.4, 0.5) is 19.4 Å². The number of carbonyl (C=O) groups is 1. The maximum atomic E-state index is 12.6. The van der Waals surface area contributed by atoms with Crippen LogP contribution in [-0.2, 0) is 4.79 Å². The zero-order valence-electron chi connectivity index (χ0n) is 9.38. The van der Waals surface area contributed by atoms with Gasteiger partial charge >= 0.3 is 10.2 Å². The number of benzene rings is 1. The number of ketones is 1. The number of Topliss-reactive ketones (excluding diaryl/α,β-unsaturated/α-hetero) is 1. The Kier molecular flexibility index (Phi) is 2.27. The molecule has 1 nitrogen and oxygen atoms in total. The van der Waals surface area contributed by atoms with Gasteiger partial charge in [0.2, 0.25) is 0 Å². The molecule has 0 amide bonds. The Morgan fingerprint density at radius 3 is 2.28 bits per heavy atom. The molecule has 0 unspecified atom stereocenters. The van der Waals surface area contributed by atoms with Crippen LogP contribution in [-0.4, -0.2) is 5.78 Å². The molecule has 18 heavy (non-hydrogen) atoms. The summed E-state index contributed by atoms with van der Waals surface area (Å²) in [6.07, 6.45) is 0.430. The SMILES string of the molecule is CC(=O)[C@H]1C[C@H]1c1cccc(S(F)(F)(F)(F)F)c1. The highest BCUT2D eigenvalue weighted by atomic mass is 32.5. The highest BCUT2D eigenvalue weighted by molar-refractivity contribution is 8.45. The maximum absolute atomic E-state index is 12.6. The Morgan fingerprint density at radius 1 is 1.22 bits per heavy atom. The minimum absolute atomic E-state index is 0.127. The van der Waals surface area contributed by atoms with Crippen LogP contribution in [0.5, 0.6) is 0 Å². The molecule has 0 heterocycles. The van der Waals surface area contributed by atoms with Gasteiger partial charge in [-0.15, -0.1) is 0 Å². The molecule has 1 aliphatic rings. The first-order valence-electron chi connectivity index (χ1n) is 5.23. The molecule has 0 bridgehead atoms. The van der Waals surface area contributed by atoms with Gasteiger partial charge in [0.15, 0.2) is 0 Å². The fourth-order valence-electron chi connectivity index (χ4n) is 2.00. The minimum Gasteiger partial charge on any atom is -0.300 e. The molecule has 1 fully saturated rings. The van der Waals surface area contributed by atoms with Gasteiger partial charge in [-0.25, -0.2) is 0 Å². The lowest BCUT2D eigenvalue weighted by molar-refractivity contribution is -0.118. The van der Waals surface area contributed by atoms with Crippen LogP contribution in [0.3, 0.4) is 0 Å². The Labute approximate surface area is 101 Å². The number of hydrogen-bond acceptors (Lipinski definition) is 1. The van der Waals surface area contributed by atoms with E-state index >= 15 is 0 Å². The summed E-state index contributed by atoms with van der Waals surface area (Å²) in [6.45, 7) is 1.35. The summed E-state index contributed by atoms with van der Waals surface area (Å²) >= 11 is 0. The predicted octanol–water partition coefficient (Wildman–Crippen LogP) is 5.04. The van der Waals surface area contributed by atoms with E-state index in [9.17, 15) is 24.2 Å². The molecule has 0 spiro atoms. The van der Waals surface area contributed by atoms with Gasteiger partial charge in [0.25, 0.3) is 0 Å². The molecule has 0 saturated heterocycles. The van der Waals surface area contributed by atoms with Gasteiger partial charge in [-0.3, -0.25) is 4.79 Å². The second-order valence-electron chi connectivity index (χ2n) is 4.60. The van der Waals surface area contributed by atoms with Crippen molar-refractivity contribution < 1.29 is 24.2 Å². The van der Waals surface area contributed by atoms with Gasteiger partial charge in [-0.05, 0) is 37.0 Å². The van der Waals surface area contributed by atoms with Crippen molar-refractivity contribution in [1.29, 1.82) is 0 Å². The zero-order valence-corrected chi connectivity index (χ0v) is 10.2. The Bertz CT molecular complexity index is 521. The standard InChI is InChI=1S/C11H11F5OS/c1-7(17)10-6-11(10)8-3-2-4-9(5-8)18(12,13,14,15)16/h2-5,10-11H,6H2,1H3/t10-,11+/m1/s1. The highest BCUT2D eigenvalue weighted by Crippen LogP contribution is 3.02. The first-order valence-corrected chi connectivity index (χ1v) is 7.18.